The standard InChI is InChI=1S/C17H16BrCl3N2O5S2/c1-9(24)23(11-4-3-5-29-11)17(27-2)14(26)22-7-10(6-18)12(30-15(17)22)13(25)28-8-16(19,20)21/h3-5,7,12,15H,6,8H2,1-2H3/t12?,15-,17?/m1/s1. The summed E-state index contributed by atoms with van der Waals surface area (Å²) in [5.74, 6) is -1.39. The van der Waals surface area contributed by atoms with Gasteiger partial charge >= 0.3 is 5.97 Å². The van der Waals surface area contributed by atoms with Gasteiger partial charge in [-0.1, -0.05) is 50.7 Å². The lowest BCUT2D eigenvalue weighted by atomic mass is 9.98. The number of halogens is 4. The third kappa shape index (κ3) is 4.24. The van der Waals surface area contributed by atoms with E-state index in [0.717, 1.165) is 11.8 Å². The van der Waals surface area contributed by atoms with Crippen molar-refractivity contribution in [1.82, 2.24) is 4.90 Å². The molecule has 3 rings (SSSR count). The molecule has 2 aliphatic rings. The zero-order valence-electron chi connectivity index (χ0n) is 15.6. The first-order valence-corrected chi connectivity index (χ1v) is 12.5. The van der Waals surface area contributed by atoms with Crippen LogP contribution < -0.4 is 4.90 Å². The topological polar surface area (TPSA) is 76.2 Å². The van der Waals surface area contributed by atoms with Crippen molar-refractivity contribution >= 4 is 96.6 Å². The van der Waals surface area contributed by atoms with E-state index in [2.05, 4.69) is 15.9 Å². The Morgan fingerprint density at radius 1 is 1.40 bits per heavy atom. The molecular weight excluding hydrogens is 563 g/mol. The highest BCUT2D eigenvalue weighted by Crippen LogP contribution is 2.51. The van der Waals surface area contributed by atoms with E-state index in [1.165, 1.54) is 35.2 Å². The molecule has 30 heavy (non-hydrogen) atoms. The molecular formula is C17H16BrCl3N2O5S2. The maximum absolute atomic E-state index is 13.2. The van der Waals surface area contributed by atoms with Gasteiger partial charge in [-0.25, -0.2) is 0 Å². The van der Waals surface area contributed by atoms with Crippen molar-refractivity contribution in [3.05, 3.63) is 29.3 Å². The van der Waals surface area contributed by atoms with Crippen molar-refractivity contribution < 1.29 is 23.9 Å². The van der Waals surface area contributed by atoms with Gasteiger partial charge in [-0.2, -0.15) is 0 Å². The second-order valence-corrected chi connectivity index (χ2v) is 11.5. The number of nitrogens with zero attached hydrogens (tertiary/aromatic N) is 2. The minimum Gasteiger partial charge on any atom is -0.460 e. The Balaban J connectivity index is 1.94. The molecule has 13 heteroatoms. The summed E-state index contributed by atoms with van der Waals surface area (Å²) in [7, 11) is 1.36. The lowest BCUT2D eigenvalue weighted by Crippen LogP contribution is -2.80. The molecule has 0 N–H and O–H groups in total. The molecule has 0 bridgehead atoms. The second kappa shape index (κ2) is 9.17. The van der Waals surface area contributed by atoms with Crippen LogP contribution in [0.5, 0.6) is 0 Å². The zero-order chi connectivity index (χ0) is 22.3. The summed E-state index contributed by atoms with van der Waals surface area (Å²) < 4.78 is 9.07. The molecule has 2 amide bonds. The van der Waals surface area contributed by atoms with Gasteiger partial charge in [0.05, 0.1) is 0 Å². The van der Waals surface area contributed by atoms with E-state index >= 15 is 0 Å². The quantitative estimate of drug-likeness (QED) is 0.221. The zero-order valence-corrected chi connectivity index (χ0v) is 21.1. The predicted molar refractivity (Wildman–Crippen MR) is 122 cm³/mol. The monoisotopic (exact) mass is 576 g/mol. The van der Waals surface area contributed by atoms with Crippen molar-refractivity contribution in [2.45, 2.75) is 27.1 Å². The normalized spacial score (nSPS) is 25.9. The molecule has 3 heterocycles. The number of ether oxygens (including phenoxy) is 2. The van der Waals surface area contributed by atoms with Gasteiger partial charge in [0.15, 0.2) is 0 Å². The van der Waals surface area contributed by atoms with Gasteiger partial charge in [-0.15, -0.1) is 23.1 Å². The van der Waals surface area contributed by atoms with E-state index in [1.54, 1.807) is 23.7 Å². The lowest BCUT2D eigenvalue weighted by molar-refractivity contribution is -0.182. The number of amides is 2. The molecule has 1 fully saturated rings. The number of carbonyl (C=O) groups is 3. The van der Waals surface area contributed by atoms with Gasteiger partial charge in [-0.3, -0.25) is 24.2 Å². The first-order chi connectivity index (χ1) is 14.1. The highest BCUT2D eigenvalue weighted by atomic mass is 79.9. The van der Waals surface area contributed by atoms with Crippen LogP contribution in [-0.2, 0) is 23.9 Å². The van der Waals surface area contributed by atoms with Crippen molar-refractivity contribution in [1.29, 1.82) is 0 Å². The summed E-state index contributed by atoms with van der Waals surface area (Å²) in [6, 6.07) is 3.50. The number of carbonyl (C=O) groups excluding carboxylic acids is 3. The van der Waals surface area contributed by atoms with Crippen molar-refractivity contribution in [2.75, 3.05) is 23.9 Å². The Morgan fingerprint density at radius 3 is 2.60 bits per heavy atom. The number of esters is 1. The van der Waals surface area contributed by atoms with Crippen LogP contribution in [0.4, 0.5) is 5.00 Å². The van der Waals surface area contributed by atoms with Crippen LogP contribution in [-0.4, -0.2) is 61.9 Å². The molecule has 0 spiro atoms. The summed E-state index contributed by atoms with van der Waals surface area (Å²) in [5.41, 5.74) is -0.988. The van der Waals surface area contributed by atoms with Crippen molar-refractivity contribution in [3.63, 3.8) is 0 Å². The van der Waals surface area contributed by atoms with Crippen LogP contribution in [0.1, 0.15) is 6.92 Å². The molecule has 2 unspecified atom stereocenters. The number of hydrogen-bond acceptors (Lipinski definition) is 7. The average Bonchev–Trinajstić information content (AvgIpc) is 3.21. The van der Waals surface area contributed by atoms with E-state index in [4.69, 9.17) is 44.3 Å². The summed E-state index contributed by atoms with van der Waals surface area (Å²) in [6.07, 6.45) is 1.57. The van der Waals surface area contributed by atoms with E-state index in [1.807, 2.05) is 0 Å². The second-order valence-electron chi connectivity index (χ2n) is 6.35. The van der Waals surface area contributed by atoms with Crippen LogP contribution in [0.25, 0.3) is 0 Å². The summed E-state index contributed by atoms with van der Waals surface area (Å²) in [4.78, 5) is 41.2. The molecule has 0 aliphatic carbocycles. The van der Waals surface area contributed by atoms with Gasteiger partial charge in [0.1, 0.15) is 22.2 Å². The molecule has 1 aromatic rings. The number of alkyl halides is 4. The Bertz CT molecular complexity index is 879. The van der Waals surface area contributed by atoms with Gasteiger partial charge in [0.25, 0.3) is 11.6 Å². The minimum absolute atomic E-state index is 0.325. The lowest BCUT2D eigenvalue weighted by Gasteiger charge is -2.58. The summed E-state index contributed by atoms with van der Waals surface area (Å²) >= 11 is 22.8. The van der Waals surface area contributed by atoms with Crippen molar-refractivity contribution in [3.8, 4) is 0 Å². The Morgan fingerprint density at radius 2 is 2.10 bits per heavy atom. The molecule has 164 valence electrons. The maximum Gasteiger partial charge on any atom is 0.323 e. The number of hydrogen-bond donors (Lipinski definition) is 0. The van der Waals surface area contributed by atoms with Gasteiger partial charge in [-0.05, 0) is 23.1 Å². The fourth-order valence-corrected chi connectivity index (χ4v) is 6.44. The van der Waals surface area contributed by atoms with Crippen LogP contribution in [0, 0.1) is 0 Å². The van der Waals surface area contributed by atoms with Gasteiger partial charge < -0.3 is 9.47 Å². The molecule has 1 aromatic heterocycles. The Labute approximate surface area is 204 Å². The largest absolute Gasteiger partial charge is 0.460 e. The Kier molecular flexibility index (Phi) is 7.38. The first-order valence-electron chi connectivity index (χ1n) is 8.44. The fourth-order valence-electron chi connectivity index (χ4n) is 3.24. The number of rotatable bonds is 6. The van der Waals surface area contributed by atoms with E-state index in [9.17, 15) is 14.4 Å². The highest BCUT2D eigenvalue weighted by molar-refractivity contribution is 9.09. The average molecular weight is 579 g/mol. The van der Waals surface area contributed by atoms with E-state index in [0.29, 0.717) is 15.9 Å². The third-order valence-electron chi connectivity index (χ3n) is 4.47. The van der Waals surface area contributed by atoms with Gasteiger partial charge in [0, 0.05) is 25.6 Å². The maximum atomic E-state index is 13.2. The van der Waals surface area contributed by atoms with Crippen LogP contribution in [0.3, 0.4) is 0 Å². The molecule has 0 aromatic carbocycles. The molecule has 3 atom stereocenters. The van der Waals surface area contributed by atoms with Gasteiger partial charge in [0.2, 0.25) is 9.70 Å². The minimum atomic E-state index is -1.74. The van der Waals surface area contributed by atoms with E-state index in [-0.39, 0.29) is 5.91 Å². The van der Waals surface area contributed by atoms with Crippen LogP contribution >= 0.6 is 73.8 Å². The van der Waals surface area contributed by atoms with Crippen molar-refractivity contribution in [2.24, 2.45) is 0 Å². The van der Waals surface area contributed by atoms with Crippen LogP contribution in [0.2, 0.25) is 0 Å². The molecule has 7 nitrogen and oxygen atoms in total. The first kappa shape index (κ1) is 24.2. The molecule has 2 aliphatic heterocycles. The number of β-lactam (4-membered cyclic amide) rings is 1. The molecule has 0 radical (unpaired) electrons. The third-order valence-corrected chi connectivity index (χ3v) is 7.87. The fraction of sp³-hybridized carbons (Fsp3) is 0.471. The molecule has 0 saturated carbocycles. The highest BCUT2D eigenvalue weighted by Gasteiger charge is 2.69. The number of thiophene rings is 1. The smallest absolute Gasteiger partial charge is 0.323 e. The number of anilines is 1. The number of methoxy groups -OCH3 is 1. The number of fused-ring (bicyclic) bond motifs is 1. The van der Waals surface area contributed by atoms with E-state index < -0.39 is 38.6 Å². The summed E-state index contributed by atoms with van der Waals surface area (Å²) in [6.45, 7) is 0.942. The predicted octanol–water partition coefficient (Wildman–Crippen LogP) is 3.92. The Hall–Kier alpha value is -0.490. The molecule has 1 saturated heterocycles. The number of thioether (sulfide) groups is 1. The van der Waals surface area contributed by atoms with Crippen LogP contribution in [0.15, 0.2) is 29.3 Å². The SMILES string of the molecule is COC1(N(C(C)=O)c2cccs2)C(=O)N2C=C(CBr)C(C(=O)OCC(Cl)(Cl)Cl)S[C@@H]21. The summed E-state index contributed by atoms with van der Waals surface area (Å²) in [5, 5.41) is 1.23.